The van der Waals surface area contributed by atoms with Gasteiger partial charge in [-0.15, -0.1) is 0 Å². The number of nitrogens with one attached hydrogen (secondary N) is 1. The molecule has 1 rings (SSSR count). The Kier molecular flexibility index (Phi) is 7.49. The minimum atomic E-state index is 0.639. The SMILES string of the molecule is CCCCN(Cc1ccc(NCC)nc1)C(C)CC. The summed E-state index contributed by atoms with van der Waals surface area (Å²) in [5.41, 5.74) is 1.30. The highest BCUT2D eigenvalue weighted by Gasteiger charge is 2.12. The Hall–Kier alpha value is -1.09. The zero-order valence-corrected chi connectivity index (χ0v) is 12.9. The summed E-state index contributed by atoms with van der Waals surface area (Å²) in [5, 5.41) is 3.23. The fraction of sp³-hybridized carbons (Fsp3) is 0.688. The number of pyridine rings is 1. The van der Waals surface area contributed by atoms with Gasteiger partial charge in [0, 0.05) is 25.3 Å². The van der Waals surface area contributed by atoms with Gasteiger partial charge < -0.3 is 5.32 Å². The second-order valence-electron chi connectivity index (χ2n) is 5.16. The molecule has 1 atom stereocenters. The van der Waals surface area contributed by atoms with Crippen LogP contribution in [0.25, 0.3) is 0 Å². The van der Waals surface area contributed by atoms with Crippen molar-refractivity contribution in [1.82, 2.24) is 9.88 Å². The molecule has 0 aromatic carbocycles. The Labute approximate surface area is 118 Å². The molecular weight excluding hydrogens is 234 g/mol. The number of nitrogens with zero attached hydrogens (tertiary/aromatic N) is 2. The van der Waals surface area contributed by atoms with Crippen LogP contribution in [0.4, 0.5) is 5.82 Å². The van der Waals surface area contributed by atoms with E-state index in [0.717, 1.165) is 18.9 Å². The van der Waals surface area contributed by atoms with E-state index in [4.69, 9.17) is 0 Å². The molecule has 1 unspecified atom stereocenters. The topological polar surface area (TPSA) is 28.2 Å². The lowest BCUT2D eigenvalue weighted by Gasteiger charge is -2.28. The van der Waals surface area contributed by atoms with Crippen LogP contribution in [-0.2, 0) is 6.54 Å². The predicted octanol–water partition coefficient (Wildman–Crippen LogP) is 3.91. The molecule has 0 aliphatic rings. The Morgan fingerprint density at radius 1 is 1.26 bits per heavy atom. The lowest BCUT2D eigenvalue weighted by molar-refractivity contribution is 0.192. The molecule has 0 bridgehead atoms. The maximum absolute atomic E-state index is 4.45. The van der Waals surface area contributed by atoms with Crippen molar-refractivity contribution < 1.29 is 0 Å². The summed E-state index contributed by atoms with van der Waals surface area (Å²) in [5.74, 6) is 0.967. The number of aromatic nitrogens is 1. The van der Waals surface area contributed by atoms with E-state index in [0.29, 0.717) is 6.04 Å². The average Bonchev–Trinajstić information content (AvgIpc) is 2.44. The number of anilines is 1. The highest BCUT2D eigenvalue weighted by atomic mass is 15.1. The van der Waals surface area contributed by atoms with E-state index in [1.807, 2.05) is 6.20 Å². The van der Waals surface area contributed by atoms with Crippen LogP contribution in [0.2, 0.25) is 0 Å². The number of unbranched alkanes of at least 4 members (excludes halogenated alkanes) is 1. The zero-order chi connectivity index (χ0) is 14.1. The summed E-state index contributed by atoms with van der Waals surface area (Å²) in [4.78, 5) is 7.01. The maximum atomic E-state index is 4.45. The molecule has 0 fully saturated rings. The average molecular weight is 263 g/mol. The van der Waals surface area contributed by atoms with E-state index in [1.165, 1.54) is 31.4 Å². The smallest absolute Gasteiger partial charge is 0.125 e. The van der Waals surface area contributed by atoms with Crippen LogP contribution in [0.3, 0.4) is 0 Å². The first-order valence-corrected chi connectivity index (χ1v) is 7.64. The largest absolute Gasteiger partial charge is 0.370 e. The molecule has 1 N–H and O–H groups in total. The van der Waals surface area contributed by atoms with Crippen LogP contribution in [0, 0.1) is 0 Å². The third-order valence-electron chi connectivity index (χ3n) is 3.58. The first kappa shape index (κ1) is 16.0. The van der Waals surface area contributed by atoms with Gasteiger partial charge in [-0.2, -0.15) is 0 Å². The van der Waals surface area contributed by atoms with E-state index in [1.54, 1.807) is 0 Å². The summed E-state index contributed by atoms with van der Waals surface area (Å²) < 4.78 is 0. The van der Waals surface area contributed by atoms with Gasteiger partial charge in [0.25, 0.3) is 0 Å². The van der Waals surface area contributed by atoms with Crippen LogP contribution in [0.1, 0.15) is 52.5 Å². The van der Waals surface area contributed by atoms with E-state index >= 15 is 0 Å². The minimum Gasteiger partial charge on any atom is -0.370 e. The molecule has 0 amide bonds. The van der Waals surface area contributed by atoms with Crippen molar-refractivity contribution in [3.8, 4) is 0 Å². The summed E-state index contributed by atoms with van der Waals surface area (Å²) in [7, 11) is 0. The second-order valence-corrected chi connectivity index (χ2v) is 5.16. The molecule has 1 aromatic heterocycles. The summed E-state index contributed by atoms with van der Waals surface area (Å²) in [6, 6.07) is 4.90. The van der Waals surface area contributed by atoms with Crippen LogP contribution in [0.5, 0.6) is 0 Å². The van der Waals surface area contributed by atoms with Gasteiger partial charge in [-0.25, -0.2) is 4.98 Å². The van der Waals surface area contributed by atoms with Crippen molar-refractivity contribution >= 4 is 5.82 Å². The minimum absolute atomic E-state index is 0.639. The third kappa shape index (κ3) is 5.60. The van der Waals surface area contributed by atoms with Gasteiger partial charge in [-0.1, -0.05) is 26.3 Å². The van der Waals surface area contributed by atoms with Gasteiger partial charge in [-0.05, 0) is 44.9 Å². The Bertz CT molecular complexity index is 334. The summed E-state index contributed by atoms with van der Waals surface area (Å²) in [6.45, 7) is 12.0. The van der Waals surface area contributed by atoms with E-state index < -0.39 is 0 Å². The molecule has 1 heterocycles. The molecule has 0 aliphatic carbocycles. The third-order valence-corrected chi connectivity index (χ3v) is 3.58. The standard InChI is InChI=1S/C16H29N3/c1-5-8-11-19(14(4)6-2)13-15-9-10-16(17-7-3)18-12-15/h9-10,12,14H,5-8,11,13H2,1-4H3,(H,17,18). The van der Waals surface area contributed by atoms with E-state index in [-0.39, 0.29) is 0 Å². The molecule has 1 aromatic rings. The van der Waals surface area contributed by atoms with Gasteiger partial charge in [0.15, 0.2) is 0 Å². The molecule has 108 valence electrons. The van der Waals surface area contributed by atoms with Crippen LogP contribution in [0.15, 0.2) is 18.3 Å². The van der Waals surface area contributed by atoms with Crippen LogP contribution >= 0.6 is 0 Å². The summed E-state index contributed by atoms with van der Waals surface area (Å²) in [6.07, 6.45) is 5.73. The van der Waals surface area contributed by atoms with Crippen molar-refractivity contribution in [1.29, 1.82) is 0 Å². The molecule has 0 aliphatic heterocycles. The Balaban J connectivity index is 2.61. The monoisotopic (exact) mass is 263 g/mol. The number of hydrogen-bond donors (Lipinski definition) is 1. The lowest BCUT2D eigenvalue weighted by Crippen LogP contribution is -2.33. The van der Waals surface area contributed by atoms with Crippen LogP contribution in [-0.4, -0.2) is 29.0 Å². The fourth-order valence-corrected chi connectivity index (χ4v) is 2.11. The van der Waals surface area contributed by atoms with Crippen molar-refractivity contribution in [2.45, 2.75) is 59.5 Å². The van der Waals surface area contributed by atoms with Gasteiger partial charge >= 0.3 is 0 Å². The second kappa shape index (κ2) is 8.92. The quantitative estimate of drug-likeness (QED) is 0.732. The Morgan fingerprint density at radius 2 is 2.05 bits per heavy atom. The number of hydrogen-bond acceptors (Lipinski definition) is 3. The maximum Gasteiger partial charge on any atom is 0.125 e. The first-order valence-electron chi connectivity index (χ1n) is 7.64. The van der Waals surface area contributed by atoms with Gasteiger partial charge in [0.2, 0.25) is 0 Å². The molecule has 0 radical (unpaired) electrons. The molecule has 19 heavy (non-hydrogen) atoms. The molecule has 3 heteroatoms. The van der Waals surface area contributed by atoms with Crippen molar-refractivity contribution in [2.24, 2.45) is 0 Å². The Morgan fingerprint density at radius 3 is 2.58 bits per heavy atom. The van der Waals surface area contributed by atoms with Gasteiger partial charge in [0.05, 0.1) is 0 Å². The normalized spacial score (nSPS) is 12.7. The highest BCUT2D eigenvalue weighted by Crippen LogP contribution is 2.13. The predicted molar refractivity (Wildman–Crippen MR) is 83.5 cm³/mol. The van der Waals surface area contributed by atoms with E-state index in [9.17, 15) is 0 Å². The van der Waals surface area contributed by atoms with Gasteiger partial charge in [-0.3, -0.25) is 4.90 Å². The highest BCUT2D eigenvalue weighted by molar-refractivity contribution is 5.35. The van der Waals surface area contributed by atoms with Gasteiger partial charge in [0.1, 0.15) is 5.82 Å². The zero-order valence-electron chi connectivity index (χ0n) is 12.9. The molecule has 0 saturated heterocycles. The van der Waals surface area contributed by atoms with Crippen molar-refractivity contribution in [3.05, 3.63) is 23.9 Å². The van der Waals surface area contributed by atoms with E-state index in [2.05, 4.69) is 55.0 Å². The lowest BCUT2D eigenvalue weighted by atomic mass is 10.1. The van der Waals surface area contributed by atoms with Crippen molar-refractivity contribution in [2.75, 3.05) is 18.4 Å². The molecule has 3 nitrogen and oxygen atoms in total. The summed E-state index contributed by atoms with van der Waals surface area (Å²) >= 11 is 0. The van der Waals surface area contributed by atoms with Crippen molar-refractivity contribution in [3.63, 3.8) is 0 Å². The molecule has 0 saturated carbocycles. The fourth-order valence-electron chi connectivity index (χ4n) is 2.11. The van der Waals surface area contributed by atoms with Crippen LogP contribution < -0.4 is 5.32 Å². The number of rotatable bonds is 9. The molecular formula is C16H29N3. The first-order chi connectivity index (χ1) is 9.21. The molecule has 0 spiro atoms.